The van der Waals surface area contributed by atoms with E-state index in [1.807, 2.05) is 18.2 Å². The average Bonchev–Trinajstić information content (AvgIpc) is 3.03. The molecule has 0 unspecified atom stereocenters. The number of rotatable bonds is 5. The van der Waals surface area contributed by atoms with Crippen molar-refractivity contribution in [2.45, 2.75) is 6.54 Å². The number of carbonyl (C=O) groups is 1. The standard InChI is InChI=1S/C16H13ClN4O3/c1-21(15-13(17)6-11(8-19-15)16(22)23)9-12-7-14(20-24-12)10-2-4-18-5-3-10/h2-8H,9H2,1H3,(H,22,23). The van der Waals surface area contributed by atoms with Crippen molar-refractivity contribution < 1.29 is 14.4 Å². The van der Waals surface area contributed by atoms with Crippen LogP contribution in [0.1, 0.15) is 16.1 Å². The van der Waals surface area contributed by atoms with Crippen molar-refractivity contribution in [1.82, 2.24) is 15.1 Å². The summed E-state index contributed by atoms with van der Waals surface area (Å²) in [4.78, 5) is 20.7. The van der Waals surface area contributed by atoms with E-state index in [2.05, 4.69) is 15.1 Å². The van der Waals surface area contributed by atoms with Gasteiger partial charge in [0.1, 0.15) is 11.5 Å². The highest BCUT2D eigenvalue weighted by atomic mass is 35.5. The second-order valence-electron chi connectivity index (χ2n) is 5.10. The molecule has 3 aromatic rings. The molecule has 0 aromatic carbocycles. The maximum Gasteiger partial charge on any atom is 0.337 e. The van der Waals surface area contributed by atoms with Gasteiger partial charge in [0.15, 0.2) is 5.76 Å². The molecule has 0 radical (unpaired) electrons. The molecule has 0 aliphatic heterocycles. The van der Waals surface area contributed by atoms with Crippen LogP contribution in [0.4, 0.5) is 5.82 Å². The molecule has 3 aromatic heterocycles. The summed E-state index contributed by atoms with van der Waals surface area (Å²) in [5.74, 6) is 0.0175. The van der Waals surface area contributed by atoms with E-state index in [9.17, 15) is 4.79 Å². The highest BCUT2D eigenvalue weighted by molar-refractivity contribution is 6.33. The Morgan fingerprint density at radius 2 is 2.08 bits per heavy atom. The fourth-order valence-corrected chi connectivity index (χ4v) is 2.49. The number of carboxylic acid groups (broad SMARTS) is 1. The second kappa shape index (κ2) is 6.67. The Morgan fingerprint density at radius 1 is 1.33 bits per heavy atom. The molecule has 1 N–H and O–H groups in total. The van der Waals surface area contributed by atoms with E-state index in [0.29, 0.717) is 23.8 Å². The molecule has 0 atom stereocenters. The van der Waals surface area contributed by atoms with Gasteiger partial charge < -0.3 is 14.5 Å². The number of aromatic nitrogens is 3. The zero-order chi connectivity index (χ0) is 17.1. The zero-order valence-corrected chi connectivity index (χ0v) is 13.4. The number of hydrogen-bond donors (Lipinski definition) is 1. The third-order valence-electron chi connectivity index (χ3n) is 3.36. The largest absolute Gasteiger partial charge is 0.478 e. The van der Waals surface area contributed by atoms with E-state index in [1.165, 1.54) is 12.3 Å². The van der Waals surface area contributed by atoms with Crippen molar-refractivity contribution in [2.24, 2.45) is 0 Å². The van der Waals surface area contributed by atoms with Gasteiger partial charge in [-0.1, -0.05) is 16.8 Å². The van der Waals surface area contributed by atoms with Crippen LogP contribution in [0.15, 0.2) is 47.4 Å². The maximum atomic E-state index is 10.9. The minimum Gasteiger partial charge on any atom is -0.478 e. The van der Waals surface area contributed by atoms with E-state index < -0.39 is 5.97 Å². The number of carboxylic acids is 1. The Hall–Kier alpha value is -2.93. The van der Waals surface area contributed by atoms with Crippen molar-refractivity contribution in [3.05, 3.63) is 59.2 Å². The number of nitrogens with zero attached hydrogens (tertiary/aromatic N) is 4. The van der Waals surface area contributed by atoms with E-state index in [1.54, 1.807) is 24.3 Å². The fourth-order valence-electron chi connectivity index (χ4n) is 2.18. The van der Waals surface area contributed by atoms with Crippen molar-refractivity contribution in [1.29, 1.82) is 0 Å². The van der Waals surface area contributed by atoms with Gasteiger partial charge in [-0.3, -0.25) is 4.98 Å². The molecule has 7 nitrogen and oxygen atoms in total. The number of halogens is 1. The summed E-state index contributed by atoms with van der Waals surface area (Å²) in [6.07, 6.45) is 4.63. The smallest absolute Gasteiger partial charge is 0.337 e. The molecular weight excluding hydrogens is 332 g/mol. The van der Waals surface area contributed by atoms with Gasteiger partial charge in [0.05, 0.1) is 17.1 Å². The summed E-state index contributed by atoms with van der Waals surface area (Å²) < 4.78 is 5.34. The van der Waals surface area contributed by atoms with Crippen LogP contribution in [-0.4, -0.2) is 33.2 Å². The van der Waals surface area contributed by atoms with E-state index in [0.717, 1.165) is 5.56 Å². The lowest BCUT2D eigenvalue weighted by atomic mass is 10.2. The van der Waals surface area contributed by atoms with Crippen molar-refractivity contribution in [3.63, 3.8) is 0 Å². The normalized spacial score (nSPS) is 10.6. The molecule has 0 saturated heterocycles. The zero-order valence-electron chi connectivity index (χ0n) is 12.7. The van der Waals surface area contributed by atoms with Crippen LogP contribution in [0, 0.1) is 0 Å². The highest BCUT2D eigenvalue weighted by Gasteiger charge is 2.14. The minimum atomic E-state index is -1.07. The molecule has 0 aliphatic carbocycles. The molecule has 0 amide bonds. The molecule has 0 spiro atoms. The van der Waals surface area contributed by atoms with Gasteiger partial charge in [-0.05, 0) is 18.2 Å². The van der Waals surface area contributed by atoms with E-state index >= 15 is 0 Å². The Kier molecular flexibility index (Phi) is 4.43. The molecule has 0 aliphatic rings. The summed E-state index contributed by atoms with van der Waals surface area (Å²) in [5.41, 5.74) is 1.66. The van der Waals surface area contributed by atoms with E-state index in [-0.39, 0.29) is 10.6 Å². The third kappa shape index (κ3) is 3.36. The first-order valence-electron chi connectivity index (χ1n) is 7.00. The molecule has 3 heterocycles. The highest BCUT2D eigenvalue weighted by Crippen LogP contribution is 2.25. The molecule has 8 heteroatoms. The molecule has 0 saturated carbocycles. The molecule has 0 bridgehead atoms. The third-order valence-corrected chi connectivity index (χ3v) is 3.64. The number of pyridine rings is 2. The van der Waals surface area contributed by atoms with Crippen molar-refractivity contribution in [2.75, 3.05) is 11.9 Å². The van der Waals surface area contributed by atoms with Crippen LogP contribution in [0.3, 0.4) is 0 Å². The monoisotopic (exact) mass is 344 g/mol. The van der Waals surface area contributed by atoms with E-state index in [4.69, 9.17) is 21.2 Å². The number of aromatic carboxylic acids is 1. The first kappa shape index (κ1) is 15.9. The quantitative estimate of drug-likeness (QED) is 0.760. The van der Waals surface area contributed by atoms with Gasteiger partial charge >= 0.3 is 5.97 Å². The van der Waals surface area contributed by atoms with Gasteiger partial charge in [0.25, 0.3) is 0 Å². The number of anilines is 1. The van der Waals surface area contributed by atoms with Crippen molar-refractivity contribution >= 4 is 23.4 Å². The summed E-state index contributed by atoms with van der Waals surface area (Å²) in [5, 5.41) is 13.2. The van der Waals surface area contributed by atoms with Crippen LogP contribution >= 0.6 is 11.6 Å². The topological polar surface area (TPSA) is 92.4 Å². The van der Waals surface area contributed by atoms with Crippen LogP contribution in [0.25, 0.3) is 11.3 Å². The molecular formula is C16H13ClN4O3. The first-order valence-corrected chi connectivity index (χ1v) is 7.38. The maximum absolute atomic E-state index is 10.9. The van der Waals surface area contributed by atoms with Gasteiger partial charge in [-0.15, -0.1) is 0 Å². The Morgan fingerprint density at radius 3 is 2.75 bits per heavy atom. The van der Waals surface area contributed by atoms with Gasteiger partial charge in [0.2, 0.25) is 0 Å². The molecule has 3 rings (SSSR count). The summed E-state index contributed by atoms with van der Waals surface area (Å²) in [7, 11) is 1.78. The minimum absolute atomic E-state index is 0.0387. The van der Waals surface area contributed by atoms with Crippen LogP contribution in [-0.2, 0) is 6.54 Å². The van der Waals surface area contributed by atoms with Crippen LogP contribution in [0.2, 0.25) is 5.02 Å². The van der Waals surface area contributed by atoms with Gasteiger partial charge in [-0.2, -0.15) is 0 Å². The SMILES string of the molecule is CN(Cc1cc(-c2ccncc2)no1)c1ncc(C(=O)O)cc1Cl. The Labute approximate surface area is 142 Å². The molecule has 24 heavy (non-hydrogen) atoms. The second-order valence-corrected chi connectivity index (χ2v) is 5.51. The Balaban J connectivity index is 1.77. The lowest BCUT2D eigenvalue weighted by molar-refractivity contribution is 0.0696. The Bertz CT molecular complexity index is 867. The predicted molar refractivity (Wildman–Crippen MR) is 88.0 cm³/mol. The van der Waals surface area contributed by atoms with Crippen molar-refractivity contribution in [3.8, 4) is 11.3 Å². The molecule has 0 fully saturated rings. The van der Waals surface area contributed by atoms with Crippen LogP contribution < -0.4 is 4.90 Å². The number of hydrogen-bond acceptors (Lipinski definition) is 6. The average molecular weight is 345 g/mol. The summed E-state index contributed by atoms with van der Waals surface area (Å²) in [6, 6.07) is 6.87. The summed E-state index contributed by atoms with van der Waals surface area (Å²) in [6.45, 7) is 0.386. The van der Waals surface area contributed by atoms with Gasteiger partial charge in [0, 0.05) is 37.3 Å². The fraction of sp³-hybridized carbons (Fsp3) is 0.125. The first-order chi connectivity index (χ1) is 11.5. The lowest BCUT2D eigenvalue weighted by Gasteiger charge is -2.17. The molecule has 122 valence electrons. The predicted octanol–water partition coefficient (Wildman–Crippen LogP) is 3.12. The van der Waals surface area contributed by atoms with Gasteiger partial charge in [-0.25, -0.2) is 9.78 Å². The van der Waals surface area contributed by atoms with Crippen LogP contribution in [0.5, 0.6) is 0 Å². The lowest BCUT2D eigenvalue weighted by Crippen LogP contribution is -2.18. The summed E-state index contributed by atoms with van der Waals surface area (Å²) >= 11 is 6.11.